The second kappa shape index (κ2) is 17.3. The third kappa shape index (κ3) is 11.3. The van der Waals surface area contributed by atoms with Crippen molar-refractivity contribution in [2.45, 2.75) is 140 Å². The molecule has 0 aromatic carbocycles. The lowest BCUT2D eigenvalue weighted by Gasteiger charge is -2.49. The first kappa shape index (κ1) is 36.4. The number of likely N-dealkylation sites (tertiary alicyclic amines) is 1. The molecule has 2 aliphatic rings. The largest absolute Gasteiger partial charge is 0.412 e. The molecule has 1 saturated carbocycles. The van der Waals surface area contributed by atoms with Crippen molar-refractivity contribution in [3.05, 3.63) is 0 Å². The van der Waals surface area contributed by atoms with E-state index in [0.29, 0.717) is 29.5 Å². The maximum absolute atomic E-state index is 4.07. The summed E-state index contributed by atoms with van der Waals surface area (Å²) in [4.78, 5) is 2.78. The van der Waals surface area contributed by atoms with Gasteiger partial charge in [-0.15, -0.1) is 0 Å². The number of hydrogen-bond donors (Lipinski definition) is 1. The Morgan fingerprint density at radius 3 is 1.78 bits per heavy atom. The number of nitrogens with zero attached hydrogens (tertiary/aromatic N) is 1. The van der Waals surface area contributed by atoms with Crippen LogP contribution in [0.1, 0.15) is 122 Å². The van der Waals surface area contributed by atoms with E-state index in [1.807, 2.05) is 0 Å². The lowest BCUT2D eigenvalue weighted by Crippen LogP contribution is -2.58. The normalized spacial score (nSPS) is 23.8. The van der Waals surface area contributed by atoms with Crippen molar-refractivity contribution in [1.29, 1.82) is 0 Å². The summed E-state index contributed by atoms with van der Waals surface area (Å²) < 4.78 is 0. The van der Waals surface area contributed by atoms with E-state index in [1.54, 1.807) is 0 Å². The van der Waals surface area contributed by atoms with E-state index in [9.17, 15) is 0 Å². The third-order valence-corrected chi connectivity index (χ3v) is 8.17. The lowest BCUT2D eigenvalue weighted by atomic mass is 9.72. The van der Waals surface area contributed by atoms with Gasteiger partial charge in [0.05, 0.1) is 0 Å². The van der Waals surface area contributed by atoms with Gasteiger partial charge in [-0.05, 0) is 68.7 Å². The molecule has 1 aliphatic heterocycles. The van der Waals surface area contributed by atoms with E-state index in [0.717, 1.165) is 17.8 Å². The molecule has 2 rings (SSSR count). The maximum Gasteiger partial charge on any atom is 0.0246 e. The zero-order valence-corrected chi connectivity index (χ0v) is 22.9. The predicted molar refractivity (Wildman–Crippen MR) is 145 cm³/mol. The molecule has 1 aliphatic carbocycles. The van der Waals surface area contributed by atoms with Crippen LogP contribution in [0, 0.1) is 29.1 Å². The summed E-state index contributed by atoms with van der Waals surface area (Å²) >= 11 is 0. The average molecular weight is 461 g/mol. The molecule has 2 unspecified atom stereocenters. The average Bonchev–Trinajstić information content (AvgIpc) is 3.19. The Morgan fingerprint density at radius 2 is 1.41 bits per heavy atom. The van der Waals surface area contributed by atoms with E-state index in [-0.39, 0.29) is 18.4 Å². The molecule has 198 valence electrons. The molecular formula is C28H64N2O2. The number of hydrogen-bond acceptors (Lipinski definition) is 2. The molecule has 2 fully saturated rings. The first-order chi connectivity index (χ1) is 13.5. The molecule has 0 bridgehead atoms. The summed E-state index contributed by atoms with van der Waals surface area (Å²) in [6.07, 6.45) is 9.76. The van der Waals surface area contributed by atoms with E-state index in [2.05, 4.69) is 79.5 Å². The molecular weight excluding hydrogens is 396 g/mol. The van der Waals surface area contributed by atoms with Crippen molar-refractivity contribution >= 4 is 0 Å². The lowest BCUT2D eigenvalue weighted by molar-refractivity contribution is 0.0130. The minimum atomic E-state index is 0. The first-order valence-electron chi connectivity index (χ1n) is 13.0. The van der Waals surface area contributed by atoms with Crippen molar-refractivity contribution in [1.82, 2.24) is 10.2 Å². The summed E-state index contributed by atoms with van der Waals surface area (Å²) in [5, 5.41) is 4.07. The Hall–Kier alpha value is -0.160. The van der Waals surface area contributed by atoms with Crippen LogP contribution in [0.5, 0.6) is 0 Å². The second-order valence-corrected chi connectivity index (χ2v) is 11.7. The first-order valence-corrected chi connectivity index (χ1v) is 13.0. The van der Waals surface area contributed by atoms with Gasteiger partial charge in [-0.2, -0.15) is 0 Å². The molecule has 32 heavy (non-hydrogen) atoms. The fraction of sp³-hybridized carbons (Fsp3) is 1.00. The van der Waals surface area contributed by atoms with Crippen molar-refractivity contribution in [2.24, 2.45) is 29.1 Å². The number of nitrogens with one attached hydrogen (secondary N) is 1. The molecule has 4 nitrogen and oxygen atoms in total. The van der Waals surface area contributed by atoms with Gasteiger partial charge in [0.1, 0.15) is 0 Å². The van der Waals surface area contributed by atoms with Gasteiger partial charge in [-0.3, -0.25) is 4.90 Å². The van der Waals surface area contributed by atoms with Crippen LogP contribution >= 0.6 is 0 Å². The van der Waals surface area contributed by atoms with Gasteiger partial charge in [0, 0.05) is 24.7 Å². The maximum atomic E-state index is 4.07. The highest BCUT2D eigenvalue weighted by Crippen LogP contribution is 2.38. The fourth-order valence-corrected chi connectivity index (χ4v) is 5.56. The topological polar surface area (TPSA) is 78.3 Å². The smallest absolute Gasteiger partial charge is 0.0246 e. The zero-order chi connectivity index (χ0) is 22.2. The van der Waals surface area contributed by atoms with Crippen LogP contribution in [-0.4, -0.2) is 47.1 Å². The quantitative estimate of drug-likeness (QED) is 0.457. The Labute approximate surface area is 203 Å². The highest BCUT2D eigenvalue weighted by Gasteiger charge is 2.38. The van der Waals surface area contributed by atoms with Crippen LogP contribution < -0.4 is 5.32 Å². The van der Waals surface area contributed by atoms with Crippen LogP contribution in [0.25, 0.3) is 0 Å². The van der Waals surface area contributed by atoms with Crippen LogP contribution in [0.4, 0.5) is 0 Å². The van der Waals surface area contributed by atoms with Gasteiger partial charge in [0.15, 0.2) is 0 Å². The molecule has 0 spiro atoms. The van der Waals surface area contributed by atoms with Crippen LogP contribution in [0.15, 0.2) is 0 Å². The Kier molecular flexibility index (Phi) is 19.7. The van der Waals surface area contributed by atoms with E-state index in [1.165, 1.54) is 58.0 Å². The van der Waals surface area contributed by atoms with Crippen molar-refractivity contribution in [3.8, 4) is 0 Å². The fourth-order valence-electron chi connectivity index (χ4n) is 5.56. The van der Waals surface area contributed by atoms with E-state index in [4.69, 9.17) is 0 Å². The third-order valence-electron chi connectivity index (χ3n) is 8.17. The van der Waals surface area contributed by atoms with Gasteiger partial charge in [0.25, 0.3) is 0 Å². The summed E-state index contributed by atoms with van der Waals surface area (Å²) in [5.41, 5.74) is 0.458. The van der Waals surface area contributed by atoms with Crippen molar-refractivity contribution < 1.29 is 11.0 Å². The van der Waals surface area contributed by atoms with Gasteiger partial charge >= 0.3 is 0 Å². The zero-order valence-electron chi connectivity index (χ0n) is 22.9. The molecule has 5 N–H and O–H groups in total. The van der Waals surface area contributed by atoms with Gasteiger partial charge in [-0.25, -0.2) is 0 Å². The SMILES string of the molecule is C.CCC(C)C.CCC1CCN([C@H](C)[C@H](NC(C)C2CCCC2)C(C)C)CC1(C)C.O.O. The minimum Gasteiger partial charge on any atom is -0.412 e. The Morgan fingerprint density at radius 1 is 0.906 bits per heavy atom. The number of piperidine rings is 1. The predicted octanol–water partition coefficient (Wildman–Crippen LogP) is 6.37. The Bertz CT molecular complexity index is 433. The second-order valence-electron chi connectivity index (χ2n) is 11.7. The summed E-state index contributed by atoms with van der Waals surface area (Å²) in [6.45, 7) is 26.2. The number of rotatable bonds is 8. The minimum absolute atomic E-state index is 0. The van der Waals surface area contributed by atoms with Gasteiger partial charge in [-0.1, -0.05) is 88.5 Å². The monoisotopic (exact) mass is 460 g/mol. The van der Waals surface area contributed by atoms with Crippen molar-refractivity contribution in [3.63, 3.8) is 0 Å². The van der Waals surface area contributed by atoms with Gasteiger partial charge < -0.3 is 16.3 Å². The van der Waals surface area contributed by atoms with Crippen LogP contribution in [-0.2, 0) is 0 Å². The molecule has 4 heteroatoms. The van der Waals surface area contributed by atoms with Gasteiger partial charge in [0.2, 0.25) is 0 Å². The van der Waals surface area contributed by atoms with Crippen molar-refractivity contribution in [2.75, 3.05) is 13.1 Å². The van der Waals surface area contributed by atoms with Crippen LogP contribution in [0.3, 0.4) is 0 Å². The molecule has 1 saturated heterocycles. The Balaban J connectivity index is -0.000000949. The van der Waals surface area contributed by atoms with E-state index >= 15 is 0 Å². The standard InChI is InChI=1S/C22H44N2.C5H12.CH4.2H2O/c1-8-20-13-14-24(15-22(20,6)7)18(5)21(16(2)3)23-17(4)19-11-9-10-12-19;1-4-5(2)3;;;/h16-21,23H,8-15H2,1-7H3;5H,4H2,1-3H3;1H4;2*1H2/t17?,18-,20?,21-;;;;/m1..../s1. The van der Waals surface area contributed by atoms with Crippen LogP contribution in [0.2, 0.25) is 0 Å². The highest BCUT2D eigenvalue weighted by atomic mass is 16.0. The molecule has 4 atom stereocenters. The summed E-state index contributed by atoms with van der Waals surface area (Å²) in [5.74, 6) is 3.37. The summed E-state index contributed by atoms with van der Waals surface area (Å²) in [6, 6.07) is 1.91. The highest BCUT2D eigenvalue weighted by molar-refractivity contribution is 4.93. The molecule has 0 aromatic rings. The molecule has 0 amide bonds. The molecule has 0 radical (unpaired) electrons. The summed E-state index contributed by atoms with van der Waals surface area (Å²) in [7, 11) is 0. The van der Waals surface area contributed by atoms with E-state index < -0.39 is 0 Å². The molecule has 1 heterocycles. The molecule has 0 aromatic heterocycles.